The Bertz CT molecular complexity index is 1110. The number of urea groups is 1. The number of carbonyl (C=O) groups is 1. The summed E-state index contributed by atoms with van der Waals surface area (Å²) in [5.74, 6) is -0.0387. The quantitative estimate of drug-likeness (QED) is 0.689. The van der Waals surface area contributed by atoms with E-state index in [4.69, 9.17) is 0 Å². The van der Waals surface area contributed by atoms with Crippen LogP contribution < -0.4 is 15.6 Å². The van der Waals surface area contributed by atoms with Crippen LogP contribution in [0.5, 0.6) is 5.75 Å². The molecule has 9 heteroatoms. The van der Waals surface area contributed by atoms with Crippen LogP contribution in [0.3, 0.4) is 0 Å². The molecule has 1 aromatic carbocycles. The van der Waals surface area contributed by atoms with Crippen molar-refractivity contribution in [3.05, 3.63) is 52.4 Å². The molecule has 2 bridgehead atoms. The Morgan fingerprint density at radius 1 is 0.971 bits per heavy atom. The monoisotopic (exact) mass is 475 g/mol. The molecule has 2 amide bonds. The van der Waals surface area contributed by atoms with Gasteiger partial charge in [-0.15, -0.1) is 13.2 Å². The molecule has 5 rings (SSSR count). The van der Waals surface area contributed by atoms with Crippen molar-refractivity contribution in [2.24, 2.45) is 5.92 Å². The maximum absolute atomic E-state index is 13.3. The number of ether oxygens (including phenoxy) is 1. The number of nitrogens with one attached hydrogen (secondary N) is 1. The number of carbonyl (C=O) groups excluding carboxylic acids is 1. The van der Waals surface area contributed by atoms with E-state index in [1.54, 1.807) is 10.6 Å². The van der Waals surface area contributed by atoms with Crippen molar-refractivity contribution in [3.63, 3.8) is 0 Å². The van der Waals surface area contributed by atoms with Crippen LogP contribution in [-0.4, -0.2) is 41.0 Å². The van der Waals surface area contributed by atoms with E-state index in [9.17, 15) is 22.8 Å². The molecular weight excluding hydrogens is 447 g/mol. The number of likely N-dealkylation sites (tertiary alicyclic amines) is 1. The standard InChI is InChI=1S/C25H28F3N3O3/c26-25(27,28)34-20-8-6-17(7-9-20)21-10-11-22-18-12-16(14-31(22)23(21)32)13-30(15-18)24(33)29-19-4-2-1-3-5-19/h6-11,16,18-19H,1-5,12-15H2,(H,29,33)/t16-,18+/m0/s1. The fourth-order valence-electron chi connectivity index (χ4n) is 5.68. The molecule has 0 radical (unpaired) electrons. The number of benzene rings is 1. The maximum Gasteiger partial charge on any atom is 0.573 e. The molecule has 1 aromatic heterocycles. The maximum atomic E-state index is 13.3. The lowest BCUT2D eigenvalue weighted by molar-refractivity contribution is -0.274. The first-order valence-electron chi connectivity index (χ1n) is 11.9. The van der Waals surface area contributed by atoms with E-state index in [0.29, 0.717) is 30.8 Å². The molecule has 3 heterocycles. The molecule has 6 nitrogen and oxygen atoms in total. The number of nitrogens with zero attached hydrogens (tertiary/aromatic N) is 2. The minimum absolute atomic E-state index is 0.00446. The second-order valence-corrected chi connectivity index (χ2v) is 9.65. The molecule has 1 N–H and O–H groups in total. The average Bonchev–Trinajstić information content (AvgIpc) is 2.80. The van der Waals surface area contributed by atoms with Gasteiger partial charge in [0.1, 0.15) is 5.75 Å². The lowest BCUT2D eigenvalue weighted by Crippen LogP contribution is -2.53. The summed E-state index contributed by atoms with van der Waals surface area (Å²) in [6.45, 7) is 1.73. The van der Waals surface area contributed by atoms with Gasteiger partial charge in [-0.05, 0) is 55.0 Å². The van der Waals surface area contributed by atoms with Gasteiger partial charge in [-0.25, -0.2) is 4.79 Å². The molecule has 2 atom stereocenters. The third-order valence-corrected chi connectivity index (χ3v) is 7.22. The predicted octanol–water partition coefficient (Wildman–Crippen LogP) is 4.88. The van der Waals surface area contributed by atoms with Gasteiger partial charge in [-0.3, -0.25) is 4.79 Å². The zero-order valence-corrected chi connectivity index (χ0v) is 18.8. The van der Waals surface area contributed by atoms with Gasteiger partial charge in [0.15, 0.2) is 0 Å². The van der Waals surface area contributed by atoms with Crippen molar-refractivity contribution >= 4 is 6.03 Å². The number of hydrogen-bond donors (Lipinski definition) is 1. The molecule has 1 aliphatic carbocycles. The SMILES string of the molecule is O=C(NC1CCCCC1)N1C[C@@H]2C[C@H](C1)c1ccc(-c3ccc(OC(F)(F)F)cc3)c(=O)n1C2. The van der Waals surface area contributed by atoms with Crippen molar-refractivity contribution in [1.29, 1.82) is 0 Å². The van der Waals surface area contributed by atoms with Crippen LogP contribution in [0.4, 0.5) is 18.0 Å². The van der Waals surface area contributed by atoms with Crippen LogP contribution in [0, 0.1) is 5.92 Å². The van der Waals surface area contributed by atoms with E-state index >= 15 is 0 Å². The zero-order valence-electron chi connectivity index (χ0n) is 18.8. The molecule has 2 fully saturated rings. The normalized spacial score (nSPS) is 22.7. The van der Waals surface area contributed by atoms with E-state index < -0.39 is 6.36 Å². The number of pyridine rings is 1. The van der Waals surface area contributed by atoms with Gasteiger partial charge >= 0.3 is 12.4 Å². The number of alkyl halides is 3. The molecule has 1 saturated carbocycles. The largest absolute Gasteiger partial charge is 0.573 e. The Kier molecular flexibility index (Phi) is 6.04. The molecule has 182 valence electrons. The smallest absolute Gasteiger partial charge is 0.406 e. The second-order valence-electron chi connectivity index (χ2n) is 9.65. The highest BCUT2D eigenvalue weighted by Gasteiger charge is 2.37. The number of aromatic nitrogens is 1. The Balaban J connectivity index is 1.33. The van der Waals surface area contributed by atoms with Crippen molar-refractivity contribution < 1.29 is 22.7 Å². The molecule has 0 spiro atoms. The van der Waals surface area contributed by atoms with Crippen molar-refractivity contribution in [1.82, 2.24) is 14.8 Å². The first-order valence-corrected chi connectivity index (χ1v) is 11.9. The van der Waals surface area contributed by atoms with Gasteiger partial charge in [-0.2, -0.15) is 0 Å². The molecule has 2 aromatic rings. The minimum atomic E-state index is -4.76. The molecule has 34 heavy (non-hydrogen) atoms. The Morgan fingerprint density at radius 2 is 1.71 bits per heavy atom. The van der Waals surface area contributed by atoms with Crippen LogP contribution in [0.25, 0.3) is 11.1 Å². The van der Waals surface area contributed by atoms with Crippen LogP contribution in [0.15, 0.2) is 41.2 Å². The third kappa shape index (κ3) is 4.79. The molecular formula is C25H28F3N3O3. The fraction of sp³-hybridized carbons (Fsp3) is 0.520. The molecule has 0 unspecified atom stereocenters. The Morgan fingerprint density at radius 3 is 2.41 bits per heavy atom. The lowest BCUT2D eigenvalue weighted by Gasteiger charge is -2.43. The highest BCUT2D eigenvalue weighted by molar-refractivity contribution is 5.75. The number of hydrogen-bond acceptors (Lipinski definition) is 3. The van der Waals surface area contributed by atoms with E-state index in [2.05, 4.69) is 10.1 Å². The summed E-state index contributed by atoms with van der Waals surface area (Å²) in [5, 5.41) is 3.20. The topological polar surface area (TPSA) is 63.6 Å². The number of piperidine rings is 1. The number of amides is 2. The molecule has 2 aliphatic heterocycles. The van der Waals surface area contributed by atoms with E-state index in [0.717, 1.165) is 37.8 Å². The zero-order chi connectivity index (χ0) is 23.9. The number of rotatable bonds is 3. The highest BCUT2D eigenvalue weighted by atomic mass is 19.4. The summed E-state index contributed by atoms with van der Waals surface area (Å²) in [5.41, 5.74) is 1.74. The van der Waals surface area contributed by atoms with Gasteiger partial charge in [0.2, 0.25) is 0 Å². The van der Waals surface area contributed by atoms with Gasteiger partial charge in [0.25, 0.3) is 5.56 Å². The Labute approximate surface area is 195 Å². The van der Waals surface area contributed by atoms with Gasteiger partial charge in [0.05, 0.1) is 0 Å². The van der Waals surface area contributed by atoms with E-state index in [-0.39, 0.29) is 35.2 Å². The molecule has 3 aliphatic rings. The van der Waals surface area contributed by atoms with Crippen molar-refractivity contribution in [2.45, 2.75) is 63.4 Å². The van der Waals surface area contributed by atoms with Gasteiger partial charge in [-0.1, -0.05) is 31.4 Å². The summed E-state index contributed by atoms with van der Waals surface area (Å²) in [7, 11) is 0. The van der Waals surface area contributed by atoms with Crippen molar-refractivity contribution in [3.8, 4) is 16.9 Å². The molecule has 1 saturated heterocycles. The summed E-state index contributed by atoms with van der Waals surface area (Å²) in [4.78, 5) is 28.1. The summed E-state index contributed by atoms with van der Waals surface area (Å²) >= 11 is 0. The fourth-order valence-corrected chi connectivity index (χ4v) is 5.68. The van der Waals surface area contributed by atoms with Crippen LogP contribution in [0.2, 0.25) is 0 Å². The predicted molar refractivity (Wildman–Crippen MR) is 121 cm³/mol. The first kappa shape index (κ1) is 22.8. The van der Waals surface area contributed by atoms with E-state index in [1.807, 2.05) is 11.0 Å². The first-order chi connectivity index (χ1) is 16.3. The van der Waals surface area contributed by atoms with Gasteiger partial charge in [0, 0.05) is 42.9 Å². The van der Waals surface area contributed by atoms with Crippen LogP contribution >= 0.6 is 0 Å². The summed E-state index contributed by atoms with van der Waals surface area (Å²) in [6, 6.07) is 9.25. The minimum Gasteiger partial charge on any atom is -0.406 e. The average molecular weight is 476 g/mol. The highest BCUT2D eigenvalue weighted by Crippen LogP contribution is 2.36. The van der Waals surface area contributed by atoms with Crippen molar-refractivity contribution in [2.75, 3.05) is 13.1 Å². The van der Waals surface area contributed by atoms with E-state index in [1.165, 1.54) is 30.7 Å². The van der Waals surface area contributed by atoms with Crippen LogP contribution in [0.1, 0.15) is 50.1 Å². The second kappa shape index (κ2) is 9.00. The lowest BCUT2D eigenvalue weighted by atomic mass is 9.83. The summed E-state index contributed by atoms with van der Waals surface area (Å²) < 4.78 is 43.0. The Hall–Kier alpha value is -2.97. The number of fused-ring (bicyclic) bond motifs is 4. The van der Waals surface area contributed by atoms with Crippen LogP contribution in [-0.2, 0) is 6.54 Å². The number of halogens is 3. The summed E-state index contributed by atoms with van der Waals surface area (Å²) in [6.07, 6.45) is 1.81. The third-order valence-electron chi connectivity index (χ3n) is 7.22. The van der Waals surface area contributed by atoms with Gasteiger partial charge < -0.3 is 19.5 Å².